The fraction of sp³-hybridized carbons (Fsp3) is 0.533. The highest BCUT2D eigenvalue weighted by Crippen LogP contribution is 2.23. The summed E-state index contributed by atoms with van der Waals surface area (Å²) in [5.41, 5.74) is -0.164. The summed E-state index contributed by atoms with van der Waals surface area (Å²) < 4.78 is 16.4. The van der Waals surface area contributed by atoms with E-state index in [0.29, 0.717) is 19.0 Å². The molecule has 0 amide bonds. The number of carboxylic acids is 1. The highest BCUT2D eigenvalue weighted by Gasteiger charge is 2.13. The summed E-state index contributed by atoms with van der Waals surface area (Å²) in [6, 6.07) is 4.04. The second-order valence-corrected chi connectivity index (χ2v) is 4.40. The third-order valence-electron chi connectivity index (χ3n) is 2.74. The molecule has 118 valence electrons. The Balaban J connectivity index is 2.54. The van der Waals surface area contributed by atoms with E-state index in [9.17, 15) is 9.90 Å². The first kappa shape index (κ1) is 17.3. The van der Waals surface area contributed by atoms with Crippen LogP contribution in [0.5, 0.6) is 11.5 Å². The average Bonchev–Trinajstić information content (AvgIpc) is 2.44. The Morgan fingerprint density at radius 1 is 1.29 bits per heavy atom. The number of hydrogen-bond acceptors (Lipinski definition) is 5. The Morgan fingerprint density at radius 2 is 2.05 bits per heavy atom. The van der Waals surface area contributed by atoms with Crippen LogP contribution in [0.4, 0.5) is 0 Å². The quantitative estimate of drug-likeness (QED) is 0.510. The van der Waals surface area contributed by atoms with Crippen molar-refractivity contribution in [1.29, 1.82) is 0 Å². The zero-order valence-electron chi connectivity index (χ0n) is 12.4. The molecular weight excluding hydrogens is 276 g/mol. The number of rotatable bonds is 10. The van der Waals surface area contributed by atoms with Crippen LogP contribution in [0.25, 0.3) is 0 Å². The van der Waals surface area contributed by atoms with Gasteiger partial charge in [0.25, 0.3) is 0 Å². The lowest BCUT2D eigenvalue weighted by atomic mass is 10.2. The molecule has 21 heavy (non-hydrogen) atoms. The maximum Gasteiger partial charge on any atom is 0.339 e. The third kappa shape index (κ3) is 6.01. The van der Waals surface area contributed by atoms with E-state index >= 15 is 0 Å². The smallest absolute Gasteiger partial charge is 0.339 e. The van der Waals surface area contributed by atoms with Crippen LogP contribution in [0.1, 0.15) is 37.0 Å². The minimum atomic E-state index is -1.19. The van der Waals surface area contributed by atoms with Gasteiger partial charge in [0, 0.05) is 19.3 Å². The van der Waals surface area contributed by atoms with Gasteiger partial charge in [0.1, 0.15) is 23.7 Å². The Kier molecular flexibility index (Phi) is 7.56. The monoisotopic (exact) mass is 298 g/mol. The first-order valence-corrected chi connectivity index (χ1v) is 7.00. The van der Waals surface area contributed by atoms with Crippen molar-refractivity contribution in [2.75, 3.05) is 19.8 Å². The predicted molar refractivity (Wildman–Crippen MR) is 76.8 cm³/mol. The molecule has 1 aromatic carbocycles. The van der Waals surface area contributed by atoms with Gasteiger partial charge in [-0.15, -0.1) is 0 Å². The number of aromatic hydroxyl groups is 1. The predicted octanol–water partition coefficient (Wildman–Crippen LogP) is 2.65. The number of unbranched alkanes of at least 4 members (excludes halogenated alkanes) is 1. The van der Waals surface area contributed by atoms with Gasteiger partial charge < -0.3 is 24.4 Å². The topological polar surface area (TPSA) is 85.2 Å². The zero-order valence-corrected chi connectivity index (χ0v) is 12.4. The van der Waals surface area contributed by atoms with Crippen molar-refractivity contribution in [2.45, 2.75) is 33.0 Å². The van der Waals surface area contributed by atoms with E-state index < -0.39 is 12.3 Å². The van der Waals surface area contributed by atoms with E-state index in [0.717, 1.165) is 12.8 Å². The van der Waals surface area contributed by atoms with E-state index in [2.05, 4.69) is 6.92 Å². The van der Waals surface area contributed by atoms with E-state index in [1.165, 1.54) is 18.2 Å². The second-order valence-electron chi connectivity index (χ2n) is 4.40. The summed E-state index contributed by atoms with van der Waals surface area (Å²) in [5.74, 6) is -1.16. The number of ether oxygens (including phenoxy) is 3. The van der Waals surface area contributed by atoms with Gasteiger partial charge in [-0.2, -0.15) is 0 Å². The van der Waals surface area contributed by atoms with Gasteiger partial charge in [-0.25, -0.2) is 4.79 Å². The fourth-order valence-electron chi connectivity index (χ4n) is 1.64. The molecule has 0 fully saturated rings. The zero-order chi connectivity index (χ0) is 15.7. The van der Waals surface area contributed by atoms with Gasteiger partial charge >= 0.3 is 5.97 Å². The Hall–Kier alpha value is -1.79. The molecule has 0 heterocycles. The lowest BCUT2D eigenvalue weighted by Gasteiger charge is -2.18. The lowest BCUT2D eigenvalue weighted by Crippen LogP contribution is -2.25. The van der Waals surface area contributed by atoms with Crippen molar-refractivity contribution in [2.24, 2.45) is 0 Å². The highest BCUT2D eigenvalue weighted by molar-refractivity contribution is 5.90. The summed E-state index contributed by atoms with van der Waals surface area (Å²) >= 11 is 0. The molecular formula is C15H22O6. The first-order chi connectivity index (χ1) is 10.1. The summed E-state index contributed by atoms with van der Waals surface area (Å²) in [7, 11) is 0. The van der Waals surface area contributed by atoms with Crippen LogP contribution in [0.3, 0.4) is 0 Å². The average molecular weight is 298 g/mol. The van der Waals surface area contributed by atoms with Crippen LogP contribution in [-0.2, 0) is 9.47 Å². The summed E-state index contributed by atoms with van der Waals surface area (Å²) in [4.78, 5) is 10.8. The molecule has 1 atom stereocenters. The highest BCUT2D eigenvalue weighted by atomic mass is 16.7. The molecule has 0 radical (unpaired) electrons. The molecule has 2 N–H and O–H groups in total. The van der Waals surface area contributed by atoms with Crippen LogP contribution in [0.15, 0.2) is 18.2 Å². The van der Waals surface area contributed by atoms with Gasteiger partial charge in [-0.05, 0) is 25.5 Å². The minimum Gasteiger partial charge on any atom is -0.507 e. The number of hydrogen-bond donors (Lipinski definition) is 2. The first-order valence-electron chi connectivity index (χ1n) is 7.00. The molecule has 0 aliphatic carbocycles. The van der Waals surface area contributed by atoms with Crippen LogP contribution >= 0.6 is 0 Å². The van der Waals surface area contributed by atoms with Crippen molar-refractivity contribution in [1.82, 2.24) is 0 Å². The van der Waals surface area contributed by atoms with Crippen molar-refractivity contribution >= 4 is 5.97 Å². The molecule has 0 saturated carbocycles. The molecule has 0 bridgehead atoms. The van der Waals surface area contributed by atoms with E-state index in [1.54, 1.807) is 0 Å². The summed E-state index contributed by atoms with van der Waals surface area (Å²) in [6.45, 7) is 5.20. The van der Waals surface area contributed by atoms with Gasteiger partial charge in [0.2, 0.25) is 0 Å². The minimum absolute atomic E-state index is 0.164. The maximum atomic E-state index is 10.8. The molecule has 0 saturated heterocycles. The van der Waals surface area contributed by atoms with Gasteiger partial charge in [0.05, 0.1) is 0 Å². The Morgan fingerprint density at radius 3 is 2.62 bits per heavy atom. The van der Waals surface area contributed by atoms with E-state index in [1.807, 2.05) is 6.92 Å². The van der Waals surface area contributed by atoms with Crippen molar-refractivity contribution in [3.8, 4) is 11.5 Å². The third-order valence-corrected chi connectivity index (χ3v) is 2.74. The van der Waals surface area contributed by atoms with E-state index in [4.69, 9.17) is 19.3 Å². The number of carbonyl (C=O) groups is 1. The standard InChI is InChI=1S/C15H22O6/c1-3-5-8-20-14(19-4-2)10-21-11-6-7-12(15(17)18)13(16)9-11/h6-7,9,14,16H,3-5,8,10H2,1-2H3,(H,17,18). The molecule has 0 aliphatic rings. The SMILES string of the molecule is CCCCOC(COc1ccc(C(=O)O)c(O)c1)OCC. The Bertz CT molecular complexity index is 446. The number of carboxylic acid groups (broad SMARTS) is 1. The van der Waals surface area contributed by atoms with Crippen LogP contribution in [0.2, 0.25) is 0 Å². The largest absolute Gasteiger partial charge is 0.507 e. The van der Waals surface area contributed by atoms with Crippen molar-refractivity contribution < 1.29 is 29.2 Å². The number of aromatic carboxylic acids is 1. The van der Waals surface area contributed by atoms with Crippen molar-refractivity contribution in [3.63, 3.8) is 0 Å². The normalized spacial score (nSPS) is 12.1. The molecule has 0 spiro atoms. The molecule has 6 heteroatoms. The number of phenols is 1. The van der Waals surface area contributed by atoms with Gasteiger partial charge in [-0.1, -0.05) is 13.3 Å². The van der Waals surface area contributed by atoms with Crippen molar-refractivity contribution in [3.05, 3.63) is 23.8 Å². The molecule has 1 aromatic rings. The summed E-state index contributed by atoms with van der Waals surface area (Å²) in [5, 5.41) is 18.4. The molecule has 6 nitrogen and oxygen atoms in total. The lowest BCUT2D eigenvalue weighted by molar-refractivity contribution is -0.155. The van der Waals surface area contributed by atoms with Gasteiger partial charge in [0.15, 0.2) is 6.29 Å². The van der Waals surface area contributed by atoms with Gasteiger partial charge in [-0.3, -0.25) is 0 Å². The number of benzene rings is 1. The van der Waals surface area contributed by atoms with E-state index in [-0.39, 0.29) is 17.9 Å². The Labute approximate surface area is 124 Å². The maximum absolute atomic E-state index is 10.8. The molecule has 0 aromatic heterocycles. The second kappa shape index (κ2) is 9.20. The molecule has 1 rings (SSSR count). The van der Waals surface area contributed by atoms with Crippen LogP contribution in [0, 0.1) is 0 Å². The molecule has 0 aliphatic heterocycles. The van der Waals surface area contributed by atoms with Crippen LogP contribution < -0.4 is 4.74 Å². The van der Waals surface area contributed by atoms with Crippen LogP contribution in [-0.4, -0.2) is 42.3 Å². The molecule has 1 unspecified atom stereocenters. The summed E-state index contributed by atoms with van der Waals surface area (Å²) in [6.07, 6.45) is 1.49. The fourth-order valence-corrected chi connectivity index (χ4v) is 1.64.